The molecule has 11 heavy (non-hydrogen) atoms. The topological polar surface area (TPSA) is 60.7 Å². The summed E-state index contributed by atoms with van der Waals surface area (Å²) in [6.45, 7) is 8.82. The molecule has 0 rings (SSSR count). The predicted molar refractivity (Wildman–Crippen MR) is 47.5 cm³/mol. The van der Waals surface area contributed by atoms with E-state index in [2.05, 4.69) is 0 Å². The van der Waals surface area contributed by atoms with Gasteiger partial charge in [0.25, 0.3) is 0 Å². The van der Waals surface area contributed by atoms with Crippen LogP contribution in [0.4, 0.5) is 0 Å². The Kier molecular flexibility index (Phi) is 25.6. The first-order chi connectivity index (χ1) is 4.88. The molecule has 0 spiro atoms. The van der Waals surface area contributed by atoms with Gasteiger partial charge in [0, 0.05) is 18.8 Å². The first-order valence-corrected chi connectivity index (χ1v) is 3.85. The highest BCUT2D eigenvalue weighted by Gasteiger charge is 1.69. The zero-order valence-electron chi connectivity index (χ0n) is 8.20. The van der Waals surface area contributed by atoms with Crippen molar-refractivity contribution < 1.29 is 15.3 Å². The van der Waals surface area contributed by atoms with Crippen LogP contribution in [0.25, 0.3) is 0 Å². The summed E-state index contributed by atoms with van der Waals surface area (Å²) in [4.78, 5) is 0. The van der Waals surface area contributed by atoms with Gasteiger partial charge in [-0.25, -0.2) is 0 Å². The zero-order valence-corrected chi connectivity index (χ0v) is 8.20. The van der Waals surface area contributed by atoms with Crippen molar-refractivity contribution in [1.29, 1.82) is 0 Å². The average Bonchev–Trinajstić information content (AvgIpc) is 1.60. The van der Waals surface area contributed by atoms with Gasteiger partial charge in [-0.2, -0.15) is 0 Å². The van der Waals surface area contributed by atoms with Gasteiger partial charge in [-0.1, -0.05) is 0 Å². The normalized spacial score (nSPS) is 8.18. The molecule has 3 heteroatoms. The highest BCUT2D eigenvalue weighted by atomic mass is 16.3. The van der Waals surface area contributed by atoms with E-state index in [0.29, 0.717) is 0 Å². The summed E-state index contributed by atoms with van der Waals surface area (Å²) in [6, 6.07) is 0. The molecule has 0 aromatic carbocycles. The van der Waals surface area contributed by atoms with Crippen LogP contribution in [0.2, 0.25) is 0 Å². The Morgan fingerprint density at radius 3 is 0.909 bits per heavy atom. The summed E-state index contributed by atoms with van der Waals surface area (Å²) in [5.41, 5.74) is 0. The lowest BCUT2D eigenvalue weighted by Gasteiger charge is -1.80. The highest BCUT2D eigenvalue weighted by Crippen LogP contribution is 1.65. The van der Waals surface area contributed by atoms with E-state index in [4.69, 9.17) is 15.3 Å². The fourth-order valence-electron chi connectivity index (χ4n) is 0. The van der Waals surface area contributed by atoms with E-state index in [-0.39, 0.29) is 18.8 Å². The van der Waals surface area contributed by atoms with Crippen molar-refractivity contribution in [2.24, 2.45) is 0 Å². The van der Waals surface area contributed by atoms with Crippen molar-refractivity contribution in [2.45, 2.75) is 46.8 Å². The van der Waals surface area contributed by atoms with E-state index >= 15 is 0 Å². The van der Waals surface area contributed by atoms with Crippen molar-refractivity contribution in [3.05, 3.63) is 0 Å². The number of hydrogen-bond acceptors (Lipinski definition) is 3. The van der Waals surface area contributed by atoms with E-state index in [9.17, 15) is 0 Å². The highest BCUT2D eigenvalue weighted by molar-refractivity contribution is 4.21. The maximum Gasteiger partial charge on any atom is 0.0483 e. The number of hydrogen-bond donors (Lipinski definition) is 3. The van der Waals surface area contributed by atoms with E-state index in [1.807, 2.05) is 0 Å². The number of rotatable bonds is 0. The predicted octanol–water partition coefficient (Wildman–Crippen LogP) is 0.773. The molecular formula is C8H22O3. The van der Waals surface area contributed by atoms with Crippen LogP contribution in [0.1, 0.15) is 34.6 Å². The van der Waals surface area contributed by atoms with Crippen LogP contribution < -0.4 is 0 Å². The molecule has 0 aromatic heterocycles. The first kappa shape index (κ1) is 17.1. The van der Waals surface area contributed by atoms with E-state index in [0.717, 1.165) is 0 Å². The van der Waals surface area contributed by atoms with Crippen LogP contribution >= 0.6 is 0 Å². The molecule has 0 aliphatic heterocycles. The Bertz CT molecular complexity index is 33.1. The average molecular weight is 166 g/mol. The van der Waals surface area contributed by atoms with Gasteiger partial charge < -0.3 is 15.3 Å². The fourth-order valence-corrected chi connectivity index (χ4v) is 0. The zero-order chi connectivity index (χ0) is 9.86. The molecule has 0 aliphatic carbocycles. The fraction of sp³-hybridized carbons (Fsp3) is 1.00. The van der Waals surface area contributed by atoms with Crippen LogP contribution in [0.15, 0.2) is 0 Å². The van der Waals surface area contributed by atoms with Gasteiger partial charge in [0.2, 0.25) is 0 Å². The molecular weight excluding hydrogens is 144 g/mol. The Labute approximate surface area is 69.7 Å². The quantitative estimate of drug-likeness (QED) is 0.498. The molecule has 0 aromatic rings. The van der Waals surface area contributed by atoms with Crippen molar-refractivity contribution >= 4 is 0 Å². The summed E-state index contributed by atoms with van der Waals surface area (Å²) < 4.78 is 0. The molecule has 3 N–H and O–H groups in total. The van der Waals surface area contributed by atoms with Gasteiger partial charge in [-0.05, 0) is 34.6 Å². The summed E-state index contributed by atoms with van der Waals surface area (Å²) in [7, 11) is 0. The second-order valence-corrected chi connectivity index (χ2v) is 2.50. The van der Waals surface area contributed by atoms with Gasteiger partial charge in [-0.15, -0.1) is 0 Å². The second-order valence-electron chi connectivity index (χ2n) is 2.50. The summed E-state index contributed by atoms with van der Waals surface area (Å²) in [5.74, 6) is 0. The molecule has 0 atom stereocenters. The van der Waals surface area contributed by atoms with Gasteiger partial charge in [-0.3, -0.25) is 0 Å². The molecule has 0 fully saturated rings. The minimum absolute atomic E-state index is 0.167. The van der Waals surface area contributed by atoms with Crippen LogP contribution in [0.5, 0.6) is 0 Å². The standard InChI is InChI=1S/2C3H8O.C2H6O/c2*1-3(2)4;1-2-3/h2*3-4H,1-2H3;3H,2H2,1H3. The van der Waals surface area contributed by atoms with Crippen molar-refractivity contribution in [3.63, 3.8) is 0 Å². The summed E-state index contributed by atoms with van der Waals surface area (Å²) in [5, 5.41) is 23.7. The van der Waals surface area contributed by atoms with Crippen LogP contribution in [0, 0.1) is 0 Å². The molecule has 0 saturated heterocycles. The Morgan fingerprint density at radius 2 is 0.909 bits per heavy atom. The molecule has 3 nitrogen and oxygen atoms in total. The molecule has 0 aliphatic rings. The molecule has 72 valence electrons. The van der Waals surface area contributed by atoms with Crippen molar-refractivity contribution in [2.75, 3.05) is 6.61 Å². The van der Waals surface area contributed by atoms with E-state index in [1.165, 1.54) is 0 Å². The van der Waals surface area contributed by atoms with Crippen LogP contribution in [-0.4, -0.2) is 34.1 Å². The number of aliphatic hydroxyl groups excluding tert-OH is 3. The molecule has 0 unspecified atom stereocenters. The van der Waals surface area contributed by atoms with Crippen LogP contribution in [-0.2, 0) is 0 Å². The third kappa shape index (κ3) is 42600. The maximum absolute atomic E-state index is 8.06. The Balaban J connectivity index is -0.0000000886. The summed E-state index contributed by atoms with van der Waals surface area (Å²) >= 11 is 0. The molecule has 0 radical (unpaired) electrons. The minimum Gasteiger partial charge on any atom is -0.397 e. The van der Waals surface area contributed by atoms with Crippen molar-refractivity contribution in [1.82, 2.24) is 0 Å². The lowest BCUT2D eigenvalue weighted by molar-refractivity contribution is 0.215. The lowest BCUT2D eigenvalue weighted by Crippen LogP contribution is -1.85. The smallest absolute Gasteiger partial charge is 0.0483 e. The molecule has 0 saturated carbocycles. The van der Waals surface area contributed by atoms with Gasteiger partial charge in [0.05, 0.1) is 0 Å². The summed E-state index contributed by atoms with van der Waals surface area (Å²) in [6.07, 6.45) is -0.333. The largest absolute Gasteiger partial charge is 0.397 e. The Morgan fingerprint density at radius 1 is 0.909 bits per heavy atom. The molecule has 0 amide bonds. The van der Waals surface area contributed by atoms with Crippen LogP contribution in [0.3, 0.4) is 0 Å². The van der Waals surface area contributed by atoms with E-state index < -0.39 is 0 Å². The third-order valence-electron chi connectivity index (χ3n) is 0. The first-order valence-electron chi connectivity index (χ1n) is 3.85. The maximum atomic E-state index is 8.06. The molecule has 0 heterocycles. The van der Waals surface area contributed by atoms with Gasteiger partial charge in [0.1, 0.15) is 0 Å². The van der Waals surface area contributed by atoms with E-state index in [1.54, 1.807) is 34.6 Å². The molecule has 0 bridgehead atoms. The van der Waals surface area contributed by atoms with Crippen molar-refractivity contribution in [3.8, 4) is 0 Å². The van der Waals surface area contributed by atoms with Gasteiger partial charge in [0.15, 0.2) is 0 Å². The monoisotopic (exact) mass is 166 g/mol. The van der Waals surface area contributed by atoms with Gasteiger partial charge >= 0.3 is 0 Å². The Hall–Kier alpha value is -0.120. The minimum atomic E-state index is -0.167. The SMILES string of the molecule is CC(C)O.CC(C)O.CCO. The number of aliphatic hydroxyl groups is 3. The lowest BCUT2D eigenvalue weighted by atomic mass is 10.5. The third-order valence-corrected chi connectivity index (χ3v) is 0. The second kappa shape index (κ2) is 16.5.